The first kappa shape index (κ1) is 16.4. The predicted octanol–water partition coefficient (Wildman–Crippen LogP) is 2.96. The first-order chi connectivity index (χ1) is 9.08. The van der Waals surface area contributed by atoms with Gasteiger partial charge in [-0.3, -0.25) is 0 Å². The molecule has 0 bridgehead atoms. The third-order valence-corrected chi connectivity index (χ3v) is 3.80. The molecule has 0 aliphatic carbocycles. The minimum absolute atomic E-state index is 0.356. The number of likely N-dealkylation sites (N-methyl/N-ethyl adjacent to an activating group) is 1. The van der Waals surface area contributed by atoms with Crippen LogP contribution in [0.25, 0.3) is 0 Å². The van der Waals surface area contributed by atoms with Gasteiger partial charge in [-0.25, -0.2) is 0 Å². The van der Waals surface area contributed by atoms with E-state index in [9.17, 15) is 0 Å². The molecular weight excluding hydrogens is 260 g/mol. The Kier molecular flexibility index (Phi) is 7.39. The van der Waals surface area contributed by atoms with E-state index in [2.05, 4.69) is 36.3 Å². The van der Waals surface area contributed by atoms with Gasteiger partial charge in [0.2, 0.25) is 0 Å². The monoisotopic (exact) mass is 284 g/mol. The highest BCUT2D eigenvalue weighted by Gasteiger charge is 2.13. The number of hydrogen-bond donors (Lipinski definition) is 1. The van der Waals surface area contributed by atoms with E-state index >= 15 is 0 Å². The van der Waals surface area contributed by atoms with E-state index in [4.69, 9.17) is 16.3 Å². The summed E-state index contributed by atoms with van der Waals surface area (Å²) >= 11 is 5.92. The Labute approximate surface area is 121 Å². The predicted molar refractivity (Wildman–Crippen MR) is 81.8 cm³/mol. The van der Waals surface area contributed by atoms with Gasteiger partial charge < -0.3 is 15.0 Å². The van der Waals surface area contributed by atoms with Gasteiger partial charge >= 0.3 is 0 Å². The third-order valence-electron chi connectivity index (χ3n) is 3.55. The molecule has 0 aliphatic rings. The van der Waals surface area contributed by atoms with Crippen LogP contribution in [0.15, 0.2) is 24.3 Å². The zero-order valence-corrected chi connectivity index (χ0v) is 13.1. The number of hydrogen-bond acceptors (Lipinski definition) is 3. The maximum Gasteiger partial charge on any atom is 0.0615 e. The fraction of sp³-hybridized carbons (Fsp3) is 0.600. The fourth-order valence-electron chi connectivity index (χ4n) is 2.09. The molecule has 0 saturated carbocycles. The summed E-state index contributed by atoms with van der Waals surface area (Å²) in [6.45, 7) is 3.97. The van der Waals surface area contributed by atoms with Gasteiger partial charge in [0.05, 0.1) is 6.61 Å². The summed E-state index contributed by atoms with van der Waals surface area (Å²) in [5.74, 6) is 0. The molecule has 0 spiro atoms. The highest BCUT2D eigenvalue weighted by Crippen LogP contribution is 2.19. The topological polar surface area (TPSA) is 24.5 Å². The van der Waals surface area contributed by atoms with Gasteiger partial charge in [-0.1, -0.05) is 23.7 Å². The van der Waals surface area contributed by atoms with Crippen molar-refractivity contribution < 1.29 is 4.74 Å². The van der Waals surface area contributed by atoms with E-state index in [-0.39, 0.29) is 0 Å². The second kappa shape index (κ2) is 8.54. The number of benzene rings is 1. The Morgan fingerprint density at radius 2 is 1.95 bits per heavy atom. The lowest BCUT2D eigenvalue weighted by Gasteiger charge is -2.26. The van der Waals surface area contributed by atoms with Crippen molar-refractivity contribution in [2.24, 2.45) is 0 Å². The Bertz CT molecular complexity index is 356. The smallest absolute Gasteiger partial charge is 0.0615 e. The normalized spacial score (nSPS) is 14.6. The zero-order chi connectivity index (χ0) is 14.3. The van der Waals surface area contributed by atoms with Gasteiger partial charge in [0, 0.05) is 30.8 Å². The lowest BCUT2D eigenvalue weighted by atomic mass is 10.0. The molecule has 0 amide bonds. The molecule has 1 aromatic carbocycles. The molecule has 2 unspecified atom stereocenters. The van der Waals surface area contributed by atoms with E-state index in [1.54, 1.807) is 7.11 Å². The molecule has 0 aliphatic heterocycles. The van der Waals surface area contributed by atoms with Crippen molar-refractivity contribution in [1.82, 2.24) is 10.2 Å². The van der Waals surface area contributed by atoms with Crippen LogP contribution in [0.2, 0.25) is 5.02 Å². The number of halogens is 1. The van der Waals surface area contributed by atoms with Crippen LogP contribution < -0.4 is 5.32 Å². The molecule has 0 saturated heterocycles. The molecule has 108 valence electrons. The van der Waals surface area contributed by atoms with Crippen molar-refractivity contribution >= 4 is 11.6 Å². The highest BCUT2D eigenvalue weighted by molar-refractivity contribution is 6.30. The minimum atomic E-state index is 0.356. The number of nitrogens with one attached hydrogen (secondary N) is 1. The molecule has 0 heterocycles. The number of methoxy groups -OCH3 is 1. The van der Waals surface area contributed by atoms with Crippen LogP contribution in [0.5, 0.6) is 0 Å². The molecular formula is C15H25ClN2O. The van der Waals surface area contributed by atoms with Crippen molar-refractivity contribution in [3.05, 3.63) is 34.9 Å². The molecule has 3 nitrogen and oxygen atoms in total. The summed E-state index contributed by atoms with van der Waals surface area (Å²) in [6, 6.07) is 8.85. The lowest BCUT2D eigenvalue weighted by Crippen LogP contribution is -2.35. The lowest BCUT2D eigenvalue weighted by molar-refractivity contribution is 0.113. The summed E-state index contributed by atoms with van der Waals surface area (Å²) in [6.07, 6.45) is 1.06. The Morgan fingerprint density at radius 1 is 1.32 bits per heavy atom. The molecule has 1 rings (SSSR count). The first-order valence-corrected chi connectivity index (χ1v) is 7.08. The Balaban J connectivity index is 2.51. The van der Waals surface area contributed by atoms with E-state index in [0.29, 0.717) is 12.1 Å². The van der Waals surface area contributed by atoms with Crippen LogP contribution in [0.4, 0.5) is 0 Å². The van der Waals surface area contributed by atoms with Gasteiger partial charge in [0.1, 0.15) is 0 Å². The fourth-order valence-corrected chi connectivity index (χ4v) is 2.22. The van der Waals surface area contributed by atoms with Crippen LogP contribution >= 0.6 is 11.6 Å². The van der Waals surface area contributed by atoms with Crippen molar-refractivity contribution in [1.29, 1.82) is 0 Å². The average molecular weight is 285 g/mol. The standard InChI is InChI=1S/C15H25ClN2O/c1-12(11-19-4)18(3)10-9-15(17-2)13-5-7-14(16)8-6-13/h5-8,12,15,17H,9-11H2,1-4H3. The summed E-state index contributed by atoms with van der Waals surface area (Å²) < 4.78 is 5.18. The molecule has 1 aromatic rings. The van der Waals surface area contributed by atoms with E-state index in [1.807, 2.05) is 19.2 Å². The van der Waals surface area contributed by atoms with Crippen molar-refractivity contribution in [2.75, 3.05) is 34.4 Å². The van der Waals surface area contributed by atoms with Crippen LogP contribution in [0, 0.1) is 0 Å². The van der Waals surface area contributed by atoms with Gasteiger partial charge in [-0.2, -0.15) is 0 Å². The molecule has 0 radical (unpaired) electrons. The van der Waals surface area contributed by atoms with Gasteiger partial charge in [-0.05, 0) is 45.1 Å². The summed E-state index contributed by atoms with van der Waals surface area (Å²) in [5, 5.41) is 4.14. The summed E-state index contributed by atoms with van der Waals surface area (Å²) in [7, 11) is 5.88. The van der Waals surface area contributed by atoms with Gasteiger partial charge in [0.25, 0.3) is 0 Å². The van der Waals surface area contributed by atoms with Gasteiger partial charge in [0.15, 0.2) is 0 Å². The second-order valence-electron chi connectivity index (χ2n) is 4.97. The Hall–Kier alpha value is -0.610. The van der Waals surface area contributed by atoms with E-state index < -0.39 is 0 Å². The van der Waals surface area contributed by atoms with Crippen molar-refractivity contribution in [3.8, 4) is 0 Å². The molecule has 1 N–H and O–H groups in total. The maximum absolute atomic E-state index is 5.92. The number of nitrogens with zero attached hydrogens (tertiary/aromatic N) is 1. The molecule has 19 heavy (non-hydrogen) atoms. The van der Waals surface area contributed by atoms with Crippen molar-refractivity contribution in [2.45, 2.75) is 25.4 Å². The number of ether oxygens (including phenoxy) is 1. The van der Waals surface area contributed by atoms with Gasteiger partial charge in [-0.15, -0.1) is 0 Å². The third kappa shape index (κ3) is 5.49. The minimum Gasteiger partial charge on any atom is -0.383 e. The first-order valence-electron chi connectivity index (χ1n) is 6.70. The second-order valence-corrected chi connectivity index (χ2v) is 5.40. The molecule has 0 aromatic heterocycles. The molecule has 4 heteroatoms. The zero-order valence-electron chi connectivity index (χ0n) is 12.3. The summed E-state index contributed by atoms with van der Waals surface area (Å²) in [5.41, 5.74) is 1.28. The maximum atomic E-state index is 5.92. The Morgan fingerprint density at radius 3 is 2.47 bits per heavy atom. The SMILES string of the molecule is CNC(CCN(C)C(C)COC)c1ccc(Cl)cc1. The highest BCUT2D eigenvalue weighted by atomic mass is 35.5. The van der Waals surface area contributed by atoms with Crippen LogP contribution in [0.1, 0.15) is 24.9 Å². The van der Waals surface area contributed by atoms with Crippen LogP contribution in [-0.2, 0) is 4.74 Å². The van der Waals surface area contributed by atoms with E-state index in [0.717, 1.165) is 24.6 Å². The number of rotatable bonds is 8. The molecule has 0 fully saturated rings. The largest absolute Gasteiger partial charge is 0.383 e. The van der Waals surface area contributed by atoms with Crippen molar-refractivity contribution in [3.63, 3.8) is 0 Å². The van der Waals surface area contributed by atoms with E-state index in [1.165, 1.54) is 5.56 Å². The van der Waals surface area contributed by atoms with Crippen LogP contribution in [0.3, 0.4) is 0 Å². The summed E-state index contributed by atoms with van der Waals surface area (Å²) in [4.78, 5) is 2.32. The van der Waals surface area contributed by atoms with Crippen LogP contribution in [-0.4, -0.2) is 45.3 Å². The molecule has 2 atom stereocenters. The quantitative estimate of drug-likeness (QED) is 0.794. The average Bonchev–Trinajstić information content (AvgIpc) is 2.41.